The molecule has 13 rings (SSSR count). The number of rotatable bonds is 33. The molecule has 596 valence electrons. The summed E-state index contributed by atoms with van der Waals surface area (Å²) in [6.07, 6.45) is 6.25. The second-order valence-electron chi connectivity index (χ2n) is 26.5. The van der Waals surface area contributed by atoms with Crippen molar-refractivity contribution in [3.63, 3.8) is 0 Å². The molecule has 0 unspecified atom stereocenters. The van der Waals surface area contributed by atoms with E-state index in [1.165, 1.54) is 95.4 Å². The molecule has 0 bridgehead atoms. The van der Waals surface area contributed by atoms with Gasteiger partial charge in [-0.2, -0.15) is 5.10 Å². The Morgan fingerprint density at radius 2 is 0.920 bits per heavy atom. The average Bonchev–Trinajstić information content (AvgIpc) is 0.764. The SMILES string of the molecule is CC(C)N(C(C)C)P(OCc1ccccc1)OCc1ccccc1.COc1ccc(Sc2nccn(-c3ccc(OCC4(O)CC(F)(F)C4)c(OC)c3)c2=O)cc1.COc1ccc(Sc2nccn(-c3ccc(OCC4(OP(=O)(OCc5ccccc5)OCc5ccccc5)CC(F)(F)C4)c(OC)c3)c2=O)cc1.c1nc[nH]n1. The number of benzene rings is 8. The molecule has 31 heteroatoms. The molecule has 2 saturated carbocycles. The van der Waals surface area contributed by atoms with Gasteiger partial charge in [0.15, 0.2) is 33.0 Å². The number of alkyl halides is 4. The van der Waals surface area contributed by atoms with E-state index in [1.54, 1.807) is 123 Å². The van der Waals surface area contributed by atoms with E-state index in [1.807, 2.05) is 72.8 Å². The molecule has 23 nitrogen and oxygen atoms in total. The Morgan fingerprint density at radius 3 is 1.27 bits per heavy atom. The van der Waals surface area contributed by atoms with E-state index in [4.69, 9.17) is 51.0 Å². The summed E-state index contributed by atoms with van der Waals surface area (Å²) in [5.41, 5.74) is 0.738. The lowest BCUT2D eigenvalue weighted by atomic mass is 9.77. The Hall–Kier alpha value is -9.74. The predicted octanol–water partition coefficient (Wildman–Crippen LogP) is 18.0. The number of phosphoric acid groups is 1. The van der Waals surface area contributed by atoms with Crippen LogP contribution in [0, 0.1) is 0 Å². The van der Waals surface area contributed by atoms with Crippen molar-refractivity contribution in [1.29, 1.82) is 0 Å². The fraction of sp³-hybridized carbons (Fsp3) is 0.293. The molecule has 2 aliphatic rings. The van der Waals surface area contributed by atoms with E-state index in [-0.39, 0.29) is 58.2 Å². The zero-order valence-corrected chi connectivity index (χ0v) is 66.8. The van der Waals surface area contributed by atoms with Gasteiger partial charge in [-0.15, -0.1) is 0 Å². The maximum atomic E-state index is 14.5. The number of nitrogens with one attached hydrogen (secondary N) is 1. The highest BCUT2D eigenvalue weighted by Gasteiger charge is 2.62. The van der Waals surface area contributed by atoms with Gasteiger partial charge in [-0.3, -0.25) is 37.4 Å². The minimum Gasteiger partial charge on any atom is -0.497 e. The first kappa shape index (κ1) is 85.7. The number of aliphatic hydroxyl groups is 1. The molecule has 0 saturated heterocycles. The fourth-order valence-electron chi connectivity index (χ4n) is 11.7. The van der Waals surface area contributed by atoms with Gasteiger partial charge in [0.2, 0.25) is 0 Å². The topological polar surface area (TPSA) is 253 Å². The van der Waals surface area contributed by atoms with Crippen molar-refractivity contribution >= 4 is 39.9 Å². The van der Waals surface area contributed by atoms with Crippen molar-refractivity contribution in [3.05, 3.63) is 287 Å². The van der Waals surface area contributed by atoms with Gasteiger partial charge in [0.05, 0.1) is 66.2 Å². The Morgan fingerprint density at radius 1 is 0.522 bits per heavy atom. The molecule has 2 aliphatic carbocycles. The van der Waals surface area contributed by atoms with E-state index in [9.17, 15) is 36.8 Å². The van der Waals surface area contributed by atoms with Gasteiger partial charge in [-0.1, -0.05) is 145 Å². The third-order valence-electron chi connectivity index (χ3n) is 17.1. The summed E-state index contributed by atoms with van der Waals surface area (Å²) in [5, 5.41) is 16.6. The highest BCUT2D eigenvalue weighted by molar-refractivity contribution is 7.99. The lowest BCUT2D eigenvalue weighted by Crippen LogP contribution is -2.56. The number of H-pyrrole nitrogens is 1. The van der Waals surface area contributed by atoms with Crippen molar-refractivity contribution in [2.24, 2.45) is 0 Å². The largest absolute Gasteiger partial charge is 0.497 e. The Labute approximate surface area is 662 Å². The number of aromatic nitrogens is 7. The van der Waals surface area contributed by atoms with E-state index >= 15 is 0 Å². The lowest BCUT2D eigenvalue weighted by Gasteiger charge is -2.46. The molecular weight excluding hydrogens is 1540 g/mol. The molecule has 3 aromatic heterocycles. The number of phosphoric ester groups is 1. The van der Waals surface area contributed by atoms with Gasteiger partial charge >= 0.3 is 7.82 Å². The molecule has 2 fully saturated rings. The van der Waals surface area contributed by atoms with Crippen molar-refractivity contribution < 1.29 is 78.3 Å². The highest BCUT2D eigenvalue weighted by Crippen LogP contribution is 2.61. The molecule has 8 aromatic carbocycles. The summed E-state index contributed by atoms with van der Waals surface area (Å²) in [7, 11) is 0.467. The van der Waals surface area contributed by atoms with E-state index < -0.39 is 71.7 Å². The minimum atomic E-state index is -4.42. The summed E-state index contributed by atoms with van der Waals surface area (Å²) >= 11 is 2.44. The lowest BCUT2D eigenvalue weighted by molar-refractivity contribution is -0.215. The second-order valence-corrected chi connectivity index (χ2v) is 31.6. The molecule has 3 heterocycles. The zero-order valence-electron chi connectivity index (χ0n) is 63.3. The van der Waals surface area contributed by atoms with Crippen LogP contribution in [0.3, 0.4) is 0 Å². The van der Waals surface area contributed by atoms with Gasteiger partial charge in [0.25, 0.3) is 31.5 Å². The maximum Gasteiger partial charge on any atom is 0.476 e. The monoisotopic (exact) mass is 1630 g/mol. The third-order valence-corrected chi connectivity index (χ3v) is 22.5. The number of halogens is 4. The second kappa shape index (κ2) is 40.8. The summed E-state index contributed by atoms with van der Waals surface area (Å²) in [6.45, 7) is 8.92. The van der Waals surface area contributed by atoms with Crippen molar-refractivity contribution in [3.8, 4) is 45.9 Å². The number of nitrogens with zero attached hydrogens (tertiary/aromatic N) is 7. The van der Waals surface area contributed by atoms with Crippen LogP contribution in [0.15, 0.2) is 273 Å². The molecule has 113 heavy (non-hydrogen) atoms. The van der Waals surface area contributed by atoms with Crippen LogP contribution in [0.2, 0.25) is 0 Å². The minimum absolute atomic E-state index is 0.135. The van der Waals surface area contributed by atoms with Crippen LogP contribution in [-0.4, -0.2) is 121 Å². The summed E-state index contributed by atoms with van der Waals surface area (Å²) in [5.74, 6) is -3.54. The van der Waals surface area contributed by atoms with Gasteiger partial charge < -0.3 is 42.6 Å². The van der Waals surface area contributed by atoms with Gasteiger partial charge in [-0.05, 0) is 123 Å². The van der Waals surface area contributed by atoms with Crippen LogP contribution < -0.4 is 39.5 Å². The summed E-state index contributed by atoms with van der Waals surface area (Å²) in [6, 6.07) is 63.2. The molecule has 0 radical (unpaired) electrons. The van der Waals surface area contributed by atoms with Crippen LogP contribution >= 0.6 is 39.9 Å². The number of hydrogen-bond acceptors (Lipinski definition) is 22. The van der Waals surface area contributed by atoms with E-state index in [0.717, 1.165) is 9.79 Å². The molecule has 2 N–H and O–H groups in total. The number of hydrogen-bond donors (Lipinski definition) is 2. The summed E-state index contributed by atoms with van der Waals surface area (Å²) < 4.78 is 137. The number of methoxy groups -OCH3 is 4. The van der Waals surface area contributed by atoms with Crippen LogP contribution in [0.5, 0.6) is 34.5 Å². The first-order chi connectivity index (χ1) is 54.4. The first-order valence-electron chi connectivity index (χ1n) is 35.7. The highest BCUT2D eigenvalue weighted by atomic mass is 32.2. The van der Waals surface area contributed by atoms with Crippen LogP contribution in [0.4, 0.5) is 17.6 Å². The number of ether oxygens (including phenoxy) is 6. The normalized spacial score (nSPS) is 14.2. The summed E-state index contributed by atoms with van der Waals surface area (Å²) in [4.78, 5) is 40.1. The Bertz CT molecular complexity index is 4790. The molecule has 0 aliphatic heterocycles. The Balaban J connectivity index is 0.000000186. The van der Waals surface area contributed by atoms with E-state index in [2.05, 4.69) is 81.8 Å². The maximum absolute atomic E-state index is 14.5. The first-order valence-corrected chi connectivity index (χ1v) is 39.9. The fourth-order valence-corrected chi connectivity index (χ4v) is 16.4. The van der Waals surface area contributed by atoms with Crippen LogP contribution in [0.1, 0.15) is 75.6 Å². The zero-order chi connectivity index (χ0) is 80.4. The molecule has 0 amide bonds. The Kier molecular flexibility index (Phi) is 31.0. The number of aromatic amines is 1. The van der Waals surface area contributed by atoms with E-state index in [0.29, 0.717) is 65.0 Å². The van der Waals surface area contributed by atoms with Crippen LogP contribution in [-0.2, 0) is 53.6 Å². The van der Waals surface area contributed by atoms with Crippen molar-refractivity contribution in [2.75, 3.05) is 41.7 Å². The molecule has 0 atom stereocenters. The smallest absolute Gasteiger partial charge is 0.476 e. The van der Waals surface area contributed by atoms with Gasteiger partial charge in [-0.25, -0.2) is 41.7 Å². The van der Waals surface area contributed by atoms with Gasteiger partial charge in [0.1, 0.15) is 48.6 Å². The third kappa shape index (κ3) is 25.4. The van der Waals surface area contributed by atoms with Crippen molar-refractivity contribution in [1.82, 2.24) is 39.0 Å². The molecule has 0 spiro atoms. The van der Waals surface area contributed by atoms with Gasteiger partial charge in [0, 0.05) is 84.5 Å². The van der Waals surface area contributed by atoms with Crippen molar-refractivity contribution in [2.45, 2.75) is 135 Å². The average molecular weight is 1630 g/mol. The standard InChI is InChI=1S/C37H35F2N2O8PS.C23H22F2N2O5S.C20H28NO2P.C2H3N3/c1-44-30-14-16-31(17-15-30)51-34-35(42)41(20-19-40-34)29-13-18-32(33(21-29)45-2)46-26-36(24-37(38,39)25-36)49-50(43,47-22-27-9-5-3-6-10-27)48-23-28-11-7-4-8-12-28;1-30-16-4-6-17(7-5-16)33-20-21(28)27(10-9-26-20)15-3-8-18(19(11-15)31-2)32-14-22(29)12-23(24,25)13-22;1-17(2)21(18(3)4)24(22-15-19-11-7-5-8-12-19)23-16-20-13-9-6-10-14-20;1-3-2-5-4-1/h3-21H,22-26H2,1-2H3;3-11,29H,12-14H2,1-2H3;5-14,17-18H,15-16H2,1-4H3;1-2H,(H,3,4,5). The molecule has 11 aromatic rings. The predicted molar refractivity (Wildman–Crippen MR) is 423 cm³/mol. The molecular formula is C82H88F4N8O15P2S2. The quantitative estimate of drug-likeness (QED) is 0.0286. The van der Waals surface area contributed by atoms with Crippen LogP contribution in [0.25, 0.3) is 11.4 Å².